The van der Waals surface area contributed by atoms with E-state index in [1.807, 2.05) is 0 Å². The number of rotatable bonds is 5. The highest BCUT2D eigenvalue weighted by atomic mass is 35.6. The summed E-state index contributed by atoms with van der Waals surface area (Å²) in [7, 11) is -1.92. The zero-order valence-electron chi connectivity index (χ0n) is 9.72. The molecular formula is C12H19ClOSi. The lowest BCUT2D eigenvalue weighted by molar-refractivity contribution is 0.301. The summed E-state index contributed by atoms with van der Waals surface area (Å²) in [5.74, 6) is 0. The number of halogens is 1. The second-order valence-electron chi connectivity index (χ2n) is 3.86. The summed E-state index contributed by atoms with van der Waals surface area (Å²) in [6, 6.07) is 10.4. The van der Waals surface area contributed by atoms with Gasteiger partial charge in [-0.15, -0.1) is 11.1 Å². The lowest BCUT2D eigenvalue weighted by atomic mass is 10.2. The molecule has 0 unspecified atom stereocenters. The lowest BCUT2D eigenvalue weighted by Gasteiger charge is -2.21. The van der Waals surface area contributed by atoms with E-state index in [1.54, 1.807) is 0 Å². The molecule has 0 heterocycles. The molecule has 0 aromatic heterocycles. The largest absolute Gasteiger partial charge is 0.399 e. The summed E-state index contributed by atoms with van der Waals surface area (Å²) in [6.45, 7) is 6.96. The minimum absolute atomic E-state index is 0.650. The molecule has 0 bridgehead atoms. The van der Waals surface area contributed by atoms with Crippen LogP contribution in [-0.2, 0) is 11.0 Å². The topological polar surface area (TPSA) is 9.23 Å². The first-order valence-electron chi connectivity index (χ1n) is 5.48. The second-order valence-corrected chi connectivity index (χ2v) is 9.40. The SMILES string of the molecule is CC[Si](Cl)(CC)OCc1ccc(C)cc1. The molecule has 0 saturated heterocycles. The normalized spacial score (nSPS) is 11.7. The van der Waals surface area contributed by atoms with Crippen molar-refractivity contribution < 1.29 is 4.43 Å². The van der Waals surface area contributed by atoms with Crippen molar-refractivity contribution in [1.29, 1.82) is 0 Å². The van der Waals surface area contributed by atoms with Gasteiger partial charge in [0.1, 0.15) is 0 Å². The molecule has 0 spiro atoms. The van der Waals surface area contributed by atoms with E-state index in [2.05, 4.69) is 45.0 Å². The average molecular weight is 243 g/mol. The highest BCUT2D eigenvalue weighted by molar-refractivity contribution is 7.16. The maximum atomic E-state index is 6.41. The first kappa shape index (κ1) is 12.8. The fourth-order valence-corrected chi connectivity index (χ4v) is 2.85. The summed E-state index contributed by atoms with van der Waals surface area (Å²) < 4.78 is 5.86. The van der Waals surface area contributed by atoms with Gasteiger partial charge in [0.15, 0.2) is 0 Å². The summed E-state index contributed by atoms with van der Waals surface area (Å²) in [5.41, 5.74) is 2.49. The first-order chi connectivity index (χ1) is 7.09. The maximum absolute atomic E-state index is 6.41. The van der Waals surface area contributed by atoms with Gasteiger partial charge in [0, 0.05) is 0 Å². The minimum atomic E-state index is -1.92. The third-order valence-electron chi connectivity index (χ3n) is 2.67. The van der Waals surface area contributed by atoms with E-state index in [1.165, 1.54) is 11.1 Å². The minimum Gasteiger partial charge on any atom is -0.399 e. The molecule has 1 aromatic carbocycles. The lowest BCUT2D eigenvalue weighted by Crippen LogP contribution is -2.29. The van der Waals surface area contributed by atoms with E-state index in [0.29, 0.717) is 6.61 Å². The maximum Gasteiger partial charge on any atom is 0.289 e. The molecule has 0 aliphatic heterocycles. The monoisotopic (exact) mass is 242 g/mol. The number of aryl methyl sites for hydroxylation is 1. The Morgan fingerprint density at radius 1 is 1.13 bits per heavy atom. The highest BCUT2D eigenvalue weighted by Crippen LogP contribution is 2.22. The molecule has 0 aliphatic rings. The van der Waals surface area contributed by atoms with Crippen LogP contribution >= 0.6 is 11.1 Å². The smallest absolute Gasteiger partial charge is 0.289 e. The molecule has 84 valence electrons. The fraction of sp³-hybridized carbons (Fsp3) is 0.500. The van der Waals surface area contributed by atoms with Gasteiger partial charge in [-0.25, -0.2) is 0 Å². The van der Waals surface area contributed by atoms with Crippen LogP contribution in [0.3, 0.4) is 0 Å². The van der Waals surface area contributed by atoms with E-state index < -0.39 is 7.63 Å². The Bertz CT molecular complexity index is 293. The Balaban J connectivity index is 2.53. The highest BCUT2D eigenvalue weighted by Gasteiger charge is 2.27. The van der Waals surface area contributed by atoms with Crippen LogP contribution in [0.5, 0.6) is 0 Å². The predicted molar refractivity (Wildman–Crippen MR) is 68.5 cm³/mol. The summed E-state index contributed by atoms with van der Waals surface area (Å²) in [6.07, 6.45) is 0. The number of hydrogen-bond acceptors (Lipinski definition) is 1. The van der Waals surface area contributed by atoms with Crippen molar-refractivity contribution >= 4 is 18.7 Å². The van der Waals surface area contributed by atoms with Crippen LogP contribution in [0.25, 0.3) is 0 Å². The Hall–Kier alpha value is -0.313. The van der Waals surface area contributed by atoms with Crippen molar-refractivity contribution in [1.82, 2.24) is 0 Å². The third kappa shape index (κ3) is 3.97. The van der Waals surface area contributed by atoms with Crippen molar-refractivity contribution in [2.75, 3.05) is 0 Å². The van der Waals surface area contributed by atoms with E-state index in [9.17, 15) is 0 Å². The van der Waals surface area contributed by atoms with Crippen LogP contribution in [0.15, 0.2) is 24.3 Å². The summed E-state index contributed by atoms with van der Waals surface area (Å²) >= 11 is 6.41. The van der Waals surface area contributed by atoms with Gasteiger partial charge in [-0.1, -0.05) is 43.7 Å². The number of benzene rings is 1. The molecule has 3 heteroatoms. The van der Waals surface area contributed by atoms with Crippen molar-refractivity contribution in [2.45, 2.75) is 39.5 Å². The Labute approximate surface area is 98.2 Å². The molecule has 0 aliphatic carbocycles. The van der Waals surface area contributed by atoms with E-state index in [4.69, 9.17) is 15.5 Å². The molecule has 15 heavy (non-hydrogen) atoms. The molecule has 0 radical (unpaired) electrons. The third-order valence-corrected chi connectivity index (χ3v) is 7.38. The van der Waals surface area contributed by atoms with Gasteiger partial charge in [-0.3, -0.25) is 0 Å². The van der Waals surface area contributed by atoms with E-state index in [-0.39, 0.29) is 0 Å². The molecule has 0 amide bonds. The first-order valence-corrected chi connectivity index (χ1v) is 8.81. The Kier molecular flexibility index (Phi) is 4.83. The van der Waals surface area contributed by atoms with Crippen LogP contribution in [-0.4, -0.2) is 7.63 Å². The van der Waals surface area contributed by atoms with Crippen LogP contribution in [0.1, 0.15) is 25.0 Å². The van der Waals surface area contributed by atoms with Gasteiger partial charge >= 0.3 is 0 Å². The zero-order valence-corrected chi connectivity index (χ0v) is 11.5. The van der Waals surface area contributed by atoms with Crippen molar-refractivity contribution in [3.63, 3.8) is 0 Å². The second kappa shape index (κ2) is 5.68. The molecule has 0 saturated carbocycles. The molecule has 0 atom stereocenters. The van der Waals surface area contributed by atoms with E-state index in [0.717, 1.165) is 12.1 Å². The van der Waals surface area contributed by atoms with Crippen LogP contribution in [0, 0.1) is 6.92 Å². The molecular weight excluding hydrogens is 224 g/mol. The number of hydrogen-bond donors (Lipinski definition) is 0. The summed E-state index contributed by atoms with van der Waals surface area (Å²) in [5, 5.41) is 0. The molecule has 0 fully saturated rings. The van der Waals surface area contributed by atoms with Gasteiger partial charge < -0.3 is 4.43 Å². The molecule has 0 N–H and O–H groups in total. The average Bonchev–Trinajstić information content (AvgIpc) is 2.28. The van der Waals surface area contributed by atoms with Gasteiger partial charge in [-0.2, -0.15) is 0 Å². The zero-order chi connectivity index (χ0) is 11.3. The van der Waals surface area contributed by atoms with Gasteiger partial charge in [-0.05, 0) is 24.6 Å². The standard InChI is InChI=1S/C12H19ClOSi/c1-4-15(13,5-2)14-10-12-8-6-11(3)7-9-12/h6-9H,4-5,10H2,1-3H3. The van der Waals surface area contributed by atoms with E-state index >= 15 is 0 Å². The molecule has 1 nitrogen and oxygen atoms in total. The van der Waals surface area contributed by atoms with Gasteiger partial charge in [0.2, 0.25) is 0 Å². The quantitative estimate of drug-likeness (QED) is 0.555. The predicted octanol–water partition coefficient (Wildman–Crippen LogP) is 4.23. The Morgan fingerprint density at radius 3 is 2.13 bits per heavy atom. The fourth-order valence-electron chi connectivity index (χ4n) is 1.35. The van der Waals surface area contributed by atoms with Gasteiger partial charge in [0.05, 0.1) is 6.61 Å². The molecule has 1 rings (SSSR count). The van der Waals surface area contributed by atoms with Crippen molar-refractivity contribution in [2.24, 2.45) is 0 Å². The van der Waals surface area contributed by atoms with Gasteiger partial charge in [0.25, 0.3) is 7.63 Å². The van der Waals surface area contributed by atoms with Crippen molar-refractivity contribution in [3.05, 3.63) is 35.4 Å². The van der Waals surface area contributed by atoms with Crippen LogP contribution < -0.4 is 0 Å². The Morgan fingerprint density at radius 2 is 1.67 bits per heavy atom. The molecule has 1 aromatic rings. The van der Waals surface area contributed by atoms with Crippen molar-refractivity contribution in [3.8, 4) is 0 Å². The summed E-state index contributed by atoms with van der Waals surface area (Å²) in [4.78, 5) is 0. The van der Waals surface area contributed by atoms with Crippen LogP contribution in [0.2, 0.25) is 12.1 Å². The van der Waals surface area contributed by atoms with Crippen LogP contribution in [0.4, 0.5) is 0 Å².